The molecule has 3 rings (SSSR count). The van der Waals surface area contributed by atoms with E-state index in [0.717, 1.165) is 6.42 Å². The predicted molar refractivity (Wildman–Crippen MR) is 101 cm³/mol. The lowest BCUT2D eigenvalue weighted by molar-refractivity contribution is -0.140. The zero-order chi connectivity index (χ0) is 20.2. The van der Waals surface area contributed by atoms with E-state index in [1.54, 1.807) is 28.8 Å². The minimum absolute atomic E-state index is 0.0862. The maximum atomic E-state index is 13.2. The van der Waals surface area contributed by atoms with Crippen LogP contribution in [0.5, 0.6) is 0 Å². The number of nitrogens with zero attached hydrogens (tertiary/aromatic N) is 5. The summed E-state index contributed by atoms with van der Waals surface area (Å²) >= 11 is 0. The molecular formula is C17H31N5O4S. The van der Waals surface area contributed by atoms with Gasteiger partial charge in [0.15, 0.2) is 0 Å². The largest absolute Gasteiger partial charge is 0.345 e. The molecule has 0 aromatic heterocycles. The van der Waals surface area contributed by atoms with E-state index >= 15 is 0 Å². The molecule has 1 atom stereocenters. The second kappa shape index (κ2) is 6.59. The number of hydrogen-bond acceptors (Lipinski definition) is 4. The van der Waals surface area contributed by atoms with Crippen molar-refractivity contribution in [3.63, 3.8) is 0 Å². The van der Waals surface area contributed by atoms with Crippen molar-refractivity contribution in [3.05, 3.63) is 0 Å². The van der Waals surface area contributed by atoms with Gasteiger partial charge in [-0.25, -0.2) is 4.79 Å². The number of likely N-dealkylation sites (tertiary alicyclic amines) is 2. The monoisotopic (exact) mass is 401 g/mol. The molecule has 0 aliphatic carbocycles. The van der Waals surface area contributed by atoms with Gasteiger partial charge in [0.05, 0.1) is 5.41 Å². The van der Waals surface area contributed by atoms with Crippen molar-refractivity contribution in [2.24, 2.45) is 10.8 Å². The van der Waals surface area contributed by atoms with Gasteiger partial charge in [-0.1, -0.05) is 0 Å². The van der Waals surface area contributed by atoms with Crippen LogP contribution in [0.4, 0.5) is 4.79 Å². The fourth-order valence-corrected chi connectivity index (χ4v) is 6.17. The van der Waals surface area contributed by atoms with Crippen molar-refractivity contribution in [2.45, 2.75) is 19.3 Å². The van der Waals surface area contributed by atoms with E-state index in [9.17, 15) is 18.0 Å². The highest BCUT2D eigenvalue weighted by atomic mass is 32.2. The Bertz CT molecular complexity index is 730. The van der Waals surface area contributed by atoms with Crippen molar-refractivity contribution in [1.29, 1.82) is 0 Å². The fraction of sp³-hybridized carbons (Fsp3) is 0.882. The van der Waals surface area contributed by atoms with E-state index in [1.165, 1.54) is 22.7 Å². The number of carbonyl (C=O) groups is 2. The van der Waals surface area contributed by atoms with Crippen molar-refractivity contribution >= 4 is 22.1 Å². The van der Waals surface area contributed by atoms with E-state index in [1.807, 2.05) is 7.05 Å². The van der Waals surface area contributed by atoms with Crippen LogP contribution >= 0.6 is 0 Å². The molecule has 0 bridgehead atoms. The van der Waals surface area contributed by atoms with Crippen molar-refractivity contribution < 1.29 is 18.0 Å². The van der Waals surface area contributed by atoms with Crippen LogP contribution in [0.25, 0.3) is 0 Å². The molecule has 0 unspecified atom stereocenters. The Morgan fingerprint density at radius 2 is 1.59 bits per heavy atom. The molecule has 3 aliphatic heterocycles. The first-order valence-corrected chi connectivity index (χ1v) is 10.8. The average Bonchev–Trinajstić information content (AvgIpc) is 3.08. The minimum atomic E-state index is -3.47. The van der Waals surface area contributed by atoms with E-state index in [4.69, 9.17) is 0 Å². The van der Waals surface area contributed by atoms with Crippen LogP contribution in [0.15, 0.2) is 0 Å². The van der Waals surface area contributed by atoms with Gasteiger partial charge in [0.1, 0.15) is 0 Å². The predicted octanol–water partition coefficient (Wildman–Crippen LogP) is -0.279. The maximum Gasteiger partial charge on any atom is 0.319 e. The van der Waals surface area contributed by atoms with Gasteiger partial charge in [0, 0.05) is 73.4 Å². The van der Waals surface area contributed by atoms with Crippen molar-refractivity contribution in [3.8, 4) is 0 Å². The molecular weight excluding hydrogens is 370 g/mol. The Labute approximate surface area is 162 Å². The SMILES string of the molecule is CN(C)C(=O)N1CC2(CCN(S(=O)(=O)N(C)C)CC2)[C@]2(CCN(C)C2=O)C1. The van der Waals surface area contributed by atoms with Gasteiger partial charge < -0.3 is 14.7 Å². The van der Waals surface area contributed by atoms with E-state index in [-0.39, 0.29) is 17.4 Å². The van der Waals surface area contributed by atoms with Gasteiger partial charge in [-0.2, -0.15) is 17.0 Å². The van der Waals surface area contributed by atoms with E-state index in [0.29, 0.717) is 45.6 Å². The molecule has 0 radical (unpaired) electrons. The topological polar surface area (TPSA) is 84.5 Å². The molecule has 0 saturated carbocycles. The first-order chi connectivity index (χ1) is 12.5. The summed E-state index contributed by atoms with van der Waals surface area (Å²) in [5, 5.41) is 0. The number of fused-ring (bicyclic) bond motifs is 1. The number of amides is 3. The molecule has 0 aromatic carbocycles. The smallest absolute Gasteiger partial charge is 0.319 e. The Kier molecular flexibility index (Phi) is 4.97. The summed E-state index contributed by atoms with van der Waals surface area (Å²) in [6.07, 6.45) is 1.91. The summed E-state index contributed by atoms with van der Waals surface area (Å²) in [7, 11) is 4.84. The number of piperidine rings is 1. The molecule has 10 heteroatoms. The van der Waals surface area contributed by atoms with Crippen LogP contribution in [0.2, 0.25) is 0 Å². The third kappa shape index (κ3) is 2.92. The molecule has 3 heterocycles. The van der Waals surface area contributed by atoms with Crippen LogP contribution in [0.3, 0.4) is 0 Å². The van der Waals surface area contributed by atoms with Crippen LogP contribution in [0, 0.1) is 10.8 Å². The van der Waals surface area contributed by atoms with Crippen LogP contribution < -0.4 is 0 Å². The summed E-state index contributed by atoms with van der Waals surface area (Å²) in [5.74, 6) is 0.0977. The summed E-state index contributed by atoms with van der Waals surface area (Å²) in [6.45, 7) is 2.38. The van der Waals surface area contributed by atoms with Crippen molar-refractivity contribution in [2.75, 3.05) is 68.0 Å². The van der Waals surface area contributed by atoms with E-state index < -0.39 is 15.6 Å². The van der Waals surface area contributed by atoms with E-state index in [2.05, 4.69) is 0 Å². The molecule has 9 nitrogen and oxygen atoms in total. The fourth-order valence-electron chi connectivity index (χ4n) is 5.07. The van der Waals surface area contributed by atoms with Crippen LogP contribution in [-0.2, 0) is 15.0 Å². The van der Waals surface area contributed by atoms with Gasteiger partial charge in [-0.3, -0.25) is 4.79 Å². The number of carbonyl (C=O) groups excluding carboxylic acids is 2. The number of hydrogen-bond donors (Lipinski definition) is 0. The van der Waals surface area contributed by atoms with Gasteiger partial charge in [0.25, 0.3) is 10.2 Å². The first kappa shape index (κ1) is 20.3. The lowest BCUT2D eigenvalue weighted by Gasteiger charge is -2.46. The number of rotatable bonds is 2. The summed E-state index contributed by atoms with van der Waals surface area (Å²) in [4.78, 5) is 30.9. The highest BCUT2D eigenvalue weighted by molar-refractivity contribution is 7.86. The van der Waals surface area contributed by atoms with Crippen LogP contribution in [-0.4, -0.2) is 112 Å². The first-order valence-electron chi connectivity index (χ1n) is 9.36. The zero-order valence-corrected chi connectivity index (χ0v) is 17.8. The molecule has 27 heavy (non-hydrogen) atoms. The van der Waals surface area contributed by atoms with Gasteiger partial charge in [-0.15, -0.1) is 0 Å². The Balaban J connectivity index is 1.90. The molecule has 3 fully saturated rings. The molecule has 3 saturated heterocycles. The second-order valence-corrected chi connectivity index (χ2v) is 10.7. The second-order valence-electron chi connectivity index (χ2n) is 8.56. The summed E-state index contributed by atoms with van der Waals surface area (Å²) in [6, 6.07) is -0.0862. The third-order valence-corrected chi connectivity index (χ3v) is 8.66. The molecule has 3 amide bonds. The van der Waals surface area contributed by atoms with Gasteiger partial charge >= 0.3 is 6.03 Å². The summed E-state index contributed by atoms with van der Waals surface area (Å²) < 4.78 is 27.7. The highest BCUT2D eigenvalue weighted by Crippen LogP contribution is 2.57. The van der Waals surface area contributed by atoms with Crippen molar-refractivity contribution in [1.82, 2.24) is 23.3 Å². The van der Waals surface area contributed by atoms with Gasteiger partial charge in [-0.05, 0) is 19.3 Å². The molecule has 0 aromatic rings. The zero-order valence-electron chi connectivity index (χ0n) is 16.9. The summed E-state index contributed by atoms with van der Waals surface area (Å²) in [5.41, 5.74) is -0.958. The Morgan fingerprint density at radius 1 is 1.00 bits per heavy atom. The molecule has 154 valence electrons. The van der Waals surface area contributed by atoms with Crippen LogP contribution in [0.1, 0.15) is 19.3 Å². The average molecular weight is 402 g/mol. The Hall–Kier alpha value is -1.39. The molecule has 3 aliphatic rings. The third-order valence-electron chi connectivity index (χ3n) is 6.72. The Morgan fingerprint density at radius 3 is 2.04 bits per heavy atom. The molecule has 0 N–H and O–H groups in total. The van der Waals surface area contributed by atoms with Gasteiger partial charge in [0.2, 0.25) is 5.91 Å². The normalized spacial score (nSPS) is 28.7. The maximum absolute atomic E-state index is 13.2. The lowest BCUT2D eigenvalue weighted by Crippen LogP contribution is -2.54. The standard InChI is InChI=1S/C17H31N5O4S/c1-18(2)15(24)21-12-16(17(13-21)8-9-20(5)14(17)23)6-10-22(11-7-16)27(25,26)19(3)4/h6-13H2,1-5H3/t17-/m1/s1. The highest BCUT2D eigenvalue weighted by Gasteiger charge is 2.65. The molecule has 2 spiro atoms. The quantitative estimate of drug-likeness (QED) is 0.637. The minimum Gasteiger partial charge on any atom is -0.345 e. The lowest BCUT2D eigenvalue weighted by atomic mass is 9.60. The number of urea groups is 1.